The number of aromatic nitrogens is 3. The number of methoxy groups -OCH3 is 1. The summed E-state index contributed by atoms with van der Waals surface area (Å²) in [6.45, 7) is 3.41. The number of hydrogen-bond donors (Lipinski definition) is 0. The van der Waals surface area contributed by atoms with Gasteiger partial charge in [0.1, 0.15) is 24.5 Å². The minimum absolute atomic E-state index is 0.0479. The average Bonchev–Trinajstić information content (AvgIpc) is 3.59. The number of hydrogen-bond acceptors (Lipinski definition) is 10. The molecule has 2 heterocycles. The van der Waals surface area contributed by atoms with Crippen molar-refractivity contribution >= 4 is 16.9 Å². The Hall–Kier alpha value is -5.78. The van der Waals surface area contributed by atoms with E-state index in [-0.39, 0.29) is 17.8 Å². The van der Waals surface area contributed by atoms with E-state index < -0.39 is 5.97 Å². The molecule has 0 bridgehead atoms. The molecule has 2 aromatic heterocycles. The van der Waals surface area contributed by atoms with Gasteiger partial charge in [-0.3, -0.25) is 9.69 Å². The number of ether oxygens (including phenoxy) is 4. The molecule has 0 spiro atoms. The third-order valence-corrected chi connectivity index (χ3v) is 7.88. The zero-order valence-electron chi connectivity index (χ0n) is 28.0. The Morgan fingerprint density at radius 3 is 2.44 bits per heavy atom. The van der Waals surface area contributed by atoms with E-state index in [1.807, 2.05) is 48.7 Å². The number of carbonyl (C=O) groups is 1. The molecular weight excluding hydrogens is 636 g/mol. The van der Waals surface area contributed by atoms with Crippen LogP contribution < -0.4 is 14.9 Å². The van der Waals surface area contributed by atoms with Crippen molar-refractivity contribution in [3.63, 3.8) is 0 Å². The molecule has 0 saturated carbocycles. The van der Waals surface area contributed by atoms with Gasteiger partial charge in [-0.15, -0.1) is 5.10 Å². The molecule has 0 N–H and O–H groups in total. The summed E-state index contributed by atoms with van der Waals surface area (Å²) >= 11 is 0. The third kappa shape index (κ3) is 8.81. The van der Waals surface area contributed by atoms with Crippen molar-refractivity contribution in [1.29, 1.82) is 0 Å². The summed E-state index contributed by atoms with van der Waals surface area (Å²) in [6, 6.07) is 31.5. The fourth-order valence-electron chi connectivity index (χ4n) is 5.44. The van der Waals surface area contributed by atoms with Gasteiger partial charge in [-0.25, -0.2) is 9.48 Å². The van der Waals surface area contributed by atoms with Crippen molar-refractivity contribution in [2.45, 2.75) is 26.2 Å². The predicted molar refractivity (Wildman–Crippen MR) is 188 cm³/mol. The molecule has 6 aromatic rings. The lowest BCUT2D eigenvalue weighted by molar-refractivity contribution is 0.0600. The van der Waals surface area contributed by atoms with Gasteiger partial charge in [0.25, 0.3) is 0 Å². The van der Waals surface area contributed by atoms with Crippen LogP contribution in [0.25, 0.3) is 22.3 Å². The molecule has 256 valence electrons. The van der Waals surface area contributed by atoms with E-state index in [2.05, 4.69) is 34.4 Å². The van der Waals surface area contributed by atoms with E-state index in [4.69, 9.17) is 23.4 Å². The lowest BCUT2D eigenvalue weighted by atomic mass is 10.1. The van der Waals surface area contributed by atoms with Gasteiger partial charge in [-0.2, -0.15) is 0 Å². The first-order valence-corrected chi connectivity index (χ1v) is 16.2. The van der Waals surface area contributed by atoms with Crippen molar-refractivity contribution in [3.8, 4) is 22.8 Å². The summed E-state index contributed by atoms with van der Waals surface area (Å²) in [7, 11) is 3.39. The minimum Gasteiger partial charge on any atom is -0.491 e. The van der Waals surface area contributed by atoms with Crippen molar-refractivity contribution < 1.29 is 28.2 Å². The molecule has 0 atom stereocenters. The van der Waals surface area contributed by atoms with Crippen LogP contribution in [0.3, 0.4) is 0 Å². The highest BCUT2D eigenvalue weighted by Gasteiger charge is 2.18. The van der Waals surface area contributed by atoms with Crippen molar-refractivity contribution in [2.75, 3.05) is 34.0 Å². The fourth-order valence-corrected chi connectivity index (χ4v) is 5.44. The van der Waals surface area contributed by atoms with E-state index in [1.165, 1.54) is 12.7 Å². The molecule has 11 nitrogen and oxygen atoms in total. The highest BCUT2D eigenvalue weighted by molar-refractivity contribution is 5.89. The summed E-state index contributed by atoms with van der Waals surface area (Å²) in [5.74, 6) is 0.564. The summed E-state index contributed by atoms with van der Waals surface area (Å²) < 4.78 is 30.5. The highest BCUT2D eigenvalue weighted by atomic mass is 16.5. The van der Waals surface area contributed by atoms with E-state index in [0.717, 1.165) is 12.2 Å². The smallest absolute Gasteiger partial charge is 0.337 e. The first-order valence-electron chi connectivity index (χ1n) is 16.2. The Kier molecular flexibility index (Phi) is 11.3. The number of benzene rings is 4. The molecule has 0 amide bonds. The third-order valence-electron chi connectivity index (χ3n) is 7.88. The van der Waals surface area contributed by atoms with Gasteiger partial charge in [0.05, 0.1) is 43.5 Å². The Morgan fingerprint density at radius 1 is 0.840 bits per heavy atom. The van der Waals surface area contributed by atoms with Gasteiger partial charge < -0.3 is 23.4 Å². The number of esters is 1. The van der Waals surface area contributed by atoms with Crippen molar-refractivity contribution in [3.05, 3.63) is 142 Å². The second kappa shape index (κ2) is 16.6. The monoisotopic (exact) mass is 674 g/mol. The van der Waals surface area contributed by atoms with Crippen LogP contribution >= 0.6 is 0 Å². The Balaban J connectivity index is 1.01. The average molecular weight is 675 g/mol. The van der Waals surface area contributed by atoms with Gasteiger partial charge in [0.2, 0.25) is 11.2 Å². The van der Waals surface area contributed by atoms with Crippen LogP contribution in [0.4, 0.5) is 0 Å². The second-order valence-corrected chi connectivity index (χ2v) is 11.7. The van der Waals surface area contributed by atoms with Gasteiger partial charge in [0.15, 0.2) is 5.76 Å². The summed E-state index contributed by atoms with van der Waals surface area (Å²) in [4.78, 5) is 27.7. The quantitative estimate of drug-likeness (QED) is 0.0875. The number of para-hydroxylation sites is 1. The van der Waals surface area contributed by atoms with E-state index in [9.17, 15) is 9.59 Å². The van der Waals surface area contributed by atoms with Gasteiger partial charge >= 0.3 is 5.97 Å². The molecule has 0 fully saturated rings. The first-order chi connectivity index (χ1) is 24.5. The Morgan fingerprint density at radius 2 is 1.62 bits per heavy atom. The molecule has 0 aliphatic heterocycles. The largest absolute Gasteiger partial charge is 0.491 e. The van der Waals surface area contributed by atoms with Gasteiger partial charge in [0, 0.05) is 24.8 Å². The van der Waals surface area contributed by atoms with Crippen LogP contribution in [0.5, 0.6) is 11.5 Å². The molecule has 4 aromatic carbocycles. The molecule has 0 saturated heterocycles. The second-order valence-electron chi connectivity index (χ2n) is 11.7. The van der Waals surface area contributed by atoms with Crippen LogP contribution in [0, 0.1) is 0 Å². The molecule has 6 rings (SSSR count). The van der Waals surface area contributed by atoms with Crippen LogP contribution in [0.2, 0.25) is 0 Å². The maximum Gasteiger partial charge on any atom is 0.337 e. The van der Waals surface area contributed by atoms with Crippen molar-refractivity contribution in [1.82, 2.24) is 19.9 Å². The summed E-state index contributed by atoms with van der Waals surface area (Å²) in [6.07, 6.45) is 1.94. The summed E-state index contributed by atoms with van der Waals surface area (Å²) in [5.41, 5.74) is 4.05. The lowest BCUT2D eigenvalue weighted by Crippen LogP contribution is -2.17. The maximum absolute atomic E-state index is 13.5. The fraction of sp³-hybridized carbons (Fsp3) is 0.231. The maximum atomic E-state index is 13.5. The number of fused-ring (bicyclic) bond motifs is 1. The van der Waals surface area contributed by atoms with E-state index in [1.54, 1.807) is 53.2 Å². The molecule has 0 unspecified atom stereocenters. The normalized spacial score (nSPS) is 11.2. The first kappa shape index (κ1) is 34.1. The topological polar surface area (TPSA) is 118 Å². The zero-order valence-corrected chi connectivity index (χ0v) is 28.0. The molecule has 0 aliphatic rings. The standard InChI is InChI=1S/C39H38N4O7/c1-42(24-28-9-4-3-5-10-28)25-32-26-43(41-40-32)19-20-47-21-22-48-33-17-15-30(16-18-33)37-38(36(44)34-13-6-7-14-35(34)50-37)49-27-29-11-8-12-31(23-29)39(45)46-2/h3-18,23,26H,19-22,24-25,27H2,1-2H3. The van der Waals surface area contributed by atoms with Crippen LogP contribution in [0.1, 0.15) is 27.2 Å². The molecule has 0 radical (unpaired) electrons. The lowest BCUT2D eigenvalue weighted by Gasteiger charge is -2.14. The van der Waals surface area contributed by atoms with Crippen LogP contribution in [0.15, 0.2) is 119 Å². The summed E-state index contributed by atoms with van der Waals surface area (Å²) in [5, 5.41) is 8.91. The number of nitrogens with zero attached hydrogens (tertiary/aromatic N) is 4. The minimum atomic E-state index is -0.453. The van der Waals surface area contributed by atoms with Crippen molar-refractivity contribution in [2.24, 2.45) is 0 Å². The Labute approximate surface area is 289 Å². The Bertz CT molecular complexity index is 2080. The zero-order chi connectivity index (χ0) is 34.7. The predicted octanol–water partition coefficient (Wildman–Crippen LogP) is 6.14. The molecular formula is C39H38N4O7. The number of carbonyl (C=O) groups excluding carboxylic acids is 1. The van der Waals surface area contributed by atoms with E-state index >= 15 is 0 Å². The highest BCUT2D eigenvalue weighted by Crippen LogP contribution is 2.32. The molecule has 11 heteroatoms. The molecule has 50 heavy (non-hydrogen) atoms. The van der Waals surface area contributed by atoms with Gasteiger partial charge in [-0.1, -0.05) is 59.8 Å². The van der Waals surface area contributed by atoms with E-state index in [0.29, 0.717) is 72.1 Å². The SMILES string of the molecule is COC(=O)c1cccc(COc2c(-c3ccc(OCCOCCn4cc(CN(C)Cc5ccccc5)nn4)cc3)oc3ccccc3c2=O)c1. The number of rotatable bonds is 16. The molecule has 0 aliphatic carbocycles. The van der Waals surface area contributed by atoms with Crippen LogP contribution in [-0.2, 0) is 35.7 Å². The van der Waals surface area contributed by atoms with Gasteiger partial charge in [-0.05, 0) is 66.7 Å². The van der Waals surface area contributed by atoms with Crippen LogP contribution in [-0.4, -0.2) is 59.8 Å².